The molecule has 3 N–H and O–H groups in total. The minimum absolute atomic E-state index is 0.0139. The van der Waals surface area contributed by atoms with E-state index in [1.54, 1.807) is 6.07 Å². The smallest absolute Gasteiger partial charge is 0.157 e. The van der Waals surface area contributed by atoms with Gasteiger partial charge in [-0.2, -0.15) is 0 Å². The summed E-state index contributed by atoms with van der Waals surface area (Å²) in [6, 6.07) is 4.46. The summed E-state index contributed by atoms with van der Waals surface area (Å²) in [4.78, 5) is 10.7. The summed E-state index contributed by atoms with van der Waals surface area (Å²) >= 11 is 0. The Balaban J connectivity index is 2.61. The molecule has 0 aliphatic rings. The molecule has 16 heavy (non-hydrogen) atoms. The Hall–Kier alpha value is -1.97. The zero-order valence-corrected chi connectivity index (χ0v) is 8.97. The maximum absolute atomic E-state index is 10.7. The van der Waals surface area contributed by atoms with Crippen LogP contribution in [-0.2, 0) is 11.2 Å². The molecule has 86 valence electrons. The van der Waals surface area contributed by atoms with Crippen molar-refractivity contribution in [2.45, 2.75) is 19.8 Å². The molecule has 1 aromatic rings. The predicted octanol–water partition coefficient (Wildman–Crippen LogP) is 2.06. The van der Waals surface area contributed by atoms with E-state index in [9.17, 15) is 15.0 Å². The first kappa shape index (κ1) is 12.1. The van der Waals surface area contributed by atoms with Crippen LogP contribution in [0.3, 0.4) is 0 Å². The van der Waals surface area contributed by atoms with Crippen LogP contribution < -0.4 is 0 Å². The number of carbonyl (C=O) groups is 1. The third-order valence-corrected chi connectivity index (χ3v) is 2.08. The summed E-state index contributed by atoms with van der Waals surface area (Å²) in [6.07, 6.45) is 1.98. The van der Waals surface area contributed by atoms with E-state index in [-0.39, 0.29) is 23.0 Å². The highest BCUT2D eigenvalue weighted by molar-refractivity contribution is 5.87. The molecule has 0 fully saturated rings. The van der Waals surface area contributed by atoms with Crippen molar-refractivity contribution in [2.75, 3.05) is 0 Å². The van der Waals surface area contributed by atoms with E-state index in [1.807, 2.05) is 0 Å². The van der Waals surface area contributed by atoms with E-state index in [4.69, 9.17) is 5.11 Å². The predicted molar refractivity (Wildman–Crippen MR) is 59.5 cm³/mol. The summed E-state index contributed by atoms with van der Waals surface area (Å²) in [5.41, 5.74) is 0.777. The van der Waals surface area contributed by atoms with Crippen molar-refractivity contribution in [3.8, 4) is 11.5 Å². The number of aromatic hydroxyl groups is 2. The van der Waals surface area contributed by atoms with Gasteiger partial charge in [0.05, 0.1) is 5.76 Å². The molecule has 4 nitrogen and oxygen atoms in total. The first-order valence-corrected chi connectivity index (χ1v) is 4.90. The third kappa shape index (κ3) is 3.65. The van der Waals surface area contributed by atoms with Crippen LogP contribution in [-0.4, -0.2) is 21.1 Å². The second-order valence-electron chi connectivity index (χ2n) is 3.57. The highest BCUT2D eigenvalue weighted by Gasteiger charge is 2.02. The molecule has 0 bridgehead atoms. The number of aliphatic hydroxyl groups excluding tert-OH is 1. The highest BCUT2D eigenvalue weighted by Crippen LogP contribution is 2.25. The lowest BCUT2D eigenvalue weighted by Crippen LogP contribution is -1.92. The summed E-state index contributed by atoms with van der Waals surface area (Å²) in [5.74, 6) is -0.550. The molecule has 0 saturated heterocycles. The van der Waals surface area contributed by atoms with Gasteiger partial charge in [0, 0.05) is 12.5 Å². The third-order valence-electron chi connectivity index (χ3n) is 2.08. The number of hydrogen-bond donors (Lipinski definition) is 3. The first-order valence-electron chi connectivity index (χ1n) is 4.90. The Kier molecular flexibility index (Phi) is 3.94. The maximum atomic E-state index is 10.7. The fourth-order valence-corrected chi connectivity index (χ4v) is 1.30. The minimum Gasteiger partial charge on any atom is -0.512 e. The van der Waals surface area contributed by atoms with Gasteiger partial charge in [-0.3, -0.25) is 4.79 Å². The van der Waals surface area contributed by atoms with Crippen molar-refractivity contribution >= 4 is 5.78 Å². The van der Waals surface area contributed by atoms with Gasteiger partial charge in [-0.15, -0.1) is 0 Å². The van der Waals surface area contributed by atoms with Gasteiger partial charge in [0.25, 0.3) is 0 Å². The normalized spacial score (nSPS) is 11.4. The van der Waals surface area contributed by atoms with Gasteiger partial charge < -0.3 is 15.3 Å². The quantitative estimate of drug-likeness (QED) is 0.414. The zero-order chi connectivity index (χ0) is 12.1. The van der Waals surface area contributed by atoms with Crippen molar-refractivity contribution in [1.82, 2.24) is 0 Å². The lowest BCUT2D eigenvalue weighted by Gasteiger charge is -2.03. The molecule has 0 heterocycles. The van der Waals surface area contributed by atoms with Gasteiger partial charge >= 0.3 is 0 Å². The van der Waals surface area contributed by atoms with Gasteiger partial charge in [0.15, 0.2) is 17.3 Å². The summed E-state index contributed by atoms with van der Waals surface area (Å²) in [7, 11) is 0. The number of aliphatic hydroxyl groups is 1. The van der Waals surface area contributed by atoms with E-state index in [0.29, 0.717) is 12.8 Å². The monoisotopic (exact) mass is 222 g/mol. The molecule has 0 aromatic heterocycles. The number of rotatable bonds is 4. The van der Waals surface area contributed by atoms with E-state index >= 15 is 0 Å². The van der Waals surface area contributed by atoms with Crippen molar-refractivity contribution in [3.63, 3.8) is 0 Å². The minimum atomic E-state index is -0.203. The van der Waals surface area contributed by atoms with Crippen LogP contribution in [0.1, 0.15) is 18.9 Å². The Morgan fingerprint density at radius 1 is 1.31 bits per heavy atom. The Morgan fingerprint density at radius 3 is 2.56 bits per heavy atom. The molecule has 0 aliphatic carbocycles. The van der Waals surface area contributed by atoms with Crippen molar-refractivity contribution < 1.29 is 20.1 Å². The molecular formula is C12H14O4. The van der Waals surface area contributed by atoms with E-state index in [0.717, 1.165) is 5.56 Å². The molecule has 1 rings (SSSR count). The molecule has 0 aliphatic heterocycles. The average Bonchev–Trinajstić information content (AvgIpc) is 2.19. The molecule has 0 saturated carbocycles. The Morgan fingerprint density at radius 2 is 2.00 bits per heavy atom. The van der Waals surface area contributed by atoms with Crippen LogP contribution in [0.2, 0.25) is 0 Å². The van der Waals surface area contributed by atoms with E-state index in [1.165, 1.54) is 25.1 Å². The number of phenolic OH excluding ortho intramolecular Hbond substituents is 2. The van der Waals surface area contributed by atoms with Crippen LogP contribution in [0.15, 0.2) is 30.0 Å². The van der Waals surface area contributed by atoms with Crippen molar-refractivity contribution in [1.29, 1.82) is 0 Å². The van der Waals surface area contributed by atoms with Crippen LogP contribution in [0.5, 0.6) is 11.5 Å². The number of carbonyl (C=O) groups excluding carboxylic acids is 1. The Labute approximate surface area is 93.5 Å². The number of hydrogen-bond acceptors (Lipinski definition) is 4. The topological polar surface area (TPSA) is 77.8 Å². The Bertz CT molecular complexity index is 421. The molecule has 0 unspecified atom stereocenters. The van der Waals surface area contributed by atoms with E-state index < -0.39 is 0 Å². The number of aryl methyl sites for hydroxylation is 1. The SMILES string of the molecule is CC(=O)/C=C(\O)CCc1ccc(O)c(O)c1. The van der Waals surface area contributed by atoms with Crippen LogP contribution in [0.4, 0.5) is 0 Å². The summed E-state index contributed by atoms with van der Waals surface area (Å²) < 4.78 is 0. The van der Waals surface area contributed by atoms with Crippen molar-refractivity contribution in [3.05, 3.63) is 35.6 Å². The molecule has 4 heteroatoms. The second-order valence-corrected chi connectivity index (χ2v) is 3.57. The summed E-state index contributed by atoms with van der Waals surface area (Å²) in [5, 5.41) is 27.6. The summed E-state index contributed by atoms with van der Waals surface area (Å²) in [6.45, 7) is 1.36. The number of benzene rings is 1. The fourth-order valence-electron chi connectivity index (χ4n) is 1.30. The van der Waals surface area contributed by atoms with Crippen LogP contribution >= 0.6 is 0 Å². The van der Waals surface area contributed by atoms with Gasteiger partial charge in [-0.25, -0.2) is 0 Å². The highest BCUT2D eigenvalue weighted by atomic mass is 16.3. The molecule has 0 amide bonds. The molecular weight excluding hydrogens is 208 g/mol. The molecule has 0 spiro atoms. The first-order chi connectivity index (χ1) is 7.49. The zero-order valence-electron chi connectivity index (χ0n) is 8.97. The lowest BCUT2D eigenvalue weighted by molar-refractivity contribution is -0.112. The van der Waals surface area contributed by atoms with Crippen LogP contribution in [0.25, 0.3) is 0 Å². The maximum Gasteiger partial charge on any atom is 0.157 e. The standard InChI is InChI=1S/C12H14O4/c1-8(13)6-10(14)4-2-9-3-5-11(15)12(16)7-9/h3,5-7,14-16H,2,4H2,1H3/b10-6-. The molecule has 0 atom stereocenters. The fraction of sp³-hybridized carbons (Fsp3) is 0.250. The second kappa shape index (κ2) is 5.21. The number of ketones is 1. The molecule has 0 radical (unpaired) electrons. The average molecular weight is 222 g/mol. The lowest BCUT2D eigenvalue weighted by atomic mass is 10.1. The van der Waals surface area contributed by atoms with Crippen LogP contribution in [0, 0.1) is 0 Å². The van der Waals surface area contributed by atoms with E-state index in [2.05, 4.69) is 0 Å². The number of allylic oxidation sites excluding steroid dienone is 2. The van der Waals surface area contributed by atoms with Gasteiger partial charge in [-0.1, -0.05) is 6.07 Å². The van der Waals surface area contributed by atoms with Gasteiger partial charge in [0.1, 0.15) is 0 Å². The van der Waals surface area contributed by atoms with Gasteiger partial charge in [-0.05, 0) is 31.0 Å². The van der Waals surface area contributed by atoms with Crippen molar-refractivity contribution in [2.24, 2.45) is 0 Å². The van der Waals surface area contributed by atoms with Gasteiger partial charge in [0.2, 0.25) is 0 Å². The molecule has 1 aromatic carbocycles. The number of phenols is 2. The largest absolute Gasteiger partial charge is 0.512 e.